The number of hydrogen-bond acceptors (Lipinski definition) is 3. The molecular weight excluding hydrogens is 281 g/mol. The fraction of sp³-hybridized carbons (Fsp3) is 0.200. The van der Waals surface area contributed by atoms with Gasteiger partial charge in [-0.05, 0) is 35.0 Å². The van der Waals surface area contributed by atoms with Crippen molar-refractivity contribution in [2.24, 2.45) is 0 Å². The predicted octanol–water partition coefficient (Wildman–Crippen LogP) is 3.15. The minimum atomic E-state index is -0.538. The molecule has 0 saturated carbocycles. The van der Waals surface area contributed by atoms with Crippen LogP contribution in [0.2, 0.25) is 5.02 Å². The molecule has 0 radical (unpaired) electrons. The quantitative estimate of drug-likeness (QED) is 0.786. The first-order valence-electron chi connectivity index (χ1n) is 4.17. The average molecular weight is 289 g/mol. The Morgan fingerprint density at radius 1 is 1.67 bits per heavy atom. The number of benzene rings is 1. The molecule has 0 unspecified atom stereocenters. The van der Waals surface area contributed by atoms with Gasteiger partial charge in [0, 0.05) is 4.47 Å². The standard InChI is InChI=1S/C10H7BrClNO2/c1-2-15-10(14)6-3-4-8(11)9(12)7(6)5-13/h3-4H,2H2,1H3. The molecule has 0 aromatic heterocycles. The molecule has 1 aromatic rings. The van der Waals surface area contributed by atoms with Gasteiger partial charge in [-0.15, -0.1) is 0 Å². The van der Waals surface area contributed by atoms with Gasteiger partial charge in [-0.2, -0.15) is 5.26 Å². The van der Waals surface area contributed by atoms with Gasteiger partial charge in [0.25, 0.3) is 0 Å². The molecule has 15 heavy (non-hydrogen) atoms. The summed E-state index contributed by atoms with van der Waals surface area (Å²) in [5.74, 6) is -0.538. The van der Waals surface area contributed by atoms with Crippen LogP contribution in [0, 0.1) is 11.3 Å². The third-order valence-electron chi connectivity index (χ3n) is 1.70. The van der Waals surface area contributed by atoms with Crippen molar-refractivity contribution >= 4 is 33.5 Å². The van der Waals surface area contributed by atoms with E-state index in [0.717, 1.165) is 0 Å². The van der Waals surface area contributed by atoms with Crippen LogP contribution >= 0.6 is 27.5 Å². The summed E-state index contributed by atoms with van der Waals surface area (Å²) in [6.45, 7) is 1.96. The molecule has 0 bridgehead atoms. The zero-order valence-electron chi connectivity index (χ0n) is 7.88. The number of rotatable bonds is 2. The van der Waals surface area contributed by atoms with E-state index in [1.807, 2.05) is 6.07 Å². The molecule has 3 nitrogen and oxygen atoms in total. The Kier molecular flexibility index (Phi) is 4.13. The molecule has 0 aliphatic carbocycles. The molecule has 0 aliphatic heterocycles. The zero-order valence-corrected chi connectivity index (χ0v) is 10.2. The Bertz CT molecular complexity index is 440. The van der Waals surface area contributed by atoms with E-state index in [2.05, 4.69) is 15.9 Å². The van der Waals surface area contributed by atoms with Crippen molar-refractivity contribution < 1.29 is 9.53 Å². The van der Waals surface area contributed by atoms with Gasteiger partial charge in [0.1, 0.15) is 6.07 Å². The van der Waals surface area contributed by atoms with Gasteiger partial charge in [-0.25, -0.2) is 4.79 Å². The number of halogens is 2. The van der Waals surface area contributed by atoms with Crippen LogP contribution in [-0.2, 0) is 4.74 Å². The monoisotopic (exact) mass is 287 g/mol. The van der Waals surface area contributed by atoms with Gasteiger partial charge in [-0.3, -0.25) is 0 Å². The van der Waals surface area contributed by atoms with E-state index in [0.29, 0.717) is 4.47 Å². The molecule has 0 spiro atoms. The molecule has 0 fully saturated rings. The highest BCUT2D eigenvalue weighted by Crippen LogP contribution is 2.28. The van der Waals surface area contributed by atoms with E-state index in [-0.39, 0.29) is 22.8 Å². The van der Waals surface area contributed by atoms with Crippen LogP contribution in [0.3, 0.4) is 0 Å². The third kappa shape index (κ3) is 2.49. The first kappa shape index (κ1) is 12.0. The maximum absolute atomic E-state index is 11.4. The van der Waals surface area contributed by atoms with Gasteiger partial charge < -0.3 is 4.74 Å². The number of esters is 1. The topological polar surface area (TPSA) is 50.1 Å². The minimum Gasteiger partial charge on any atom is -0.462 e. The second kappa shape index (κ2) is 5.15. The Morgan fingerprint density at radius 2 is 2.33 bits per heavy atom. The molecular formula is C10H7BrClNO2. The number of ether oxygens (including phenoxy) is 1. The summed E-state index contributed by atoms with van der Waals surface area (Å²) in [5, 5.41) is 9.10. The highest BCUT2D eigenvalue weighted by molar-refractivity contribution is 9.10. The van der Waals surface area contributed by atoms with Crippen molar-refractivity contribution in [3.05, 3.63) is 32.8 Å². The number of nitriles is 1. The normalized spacial score (nSPS) is 9.47. The van der Waals surface area contributed by atoms with E-state index in [1.54, 1.807) is 13.0 Å². The number of carbonyl (C=O) groups excluding carboxylic acids is 1. The van der Waals surface area contributed by atoms with E-state index in [4.69, 9.17) is 21.6 Å². The van der Waals surface area contributed by atoms with E-state index in [9.17, 15) is 4.79 Å². The Labute approximate surface area is 101 Å². The Balaban J connectivity index is 3.26. The zero-order chi connectivity index (χ0) is 11.4. The maximum atomic E-state index is 11.4. The van der Waals surface area contributed by atoms with Gasteiger partial charge in [0.15, 0.2) is 0 Å². The largest absolute Gasteiger partial charge is 0.462 e. The van der Waals surface area contributed by atoms with Crippen LogP contribution < -0.4 is 0 Å². The van der Waals surface area contributed by atoms with Crippen LogP contribution in [0.5, 0.6) is 0 Å². The lowest BCUT2D eigenvalue weighted by Crippen LogP contribution is -2.07. The molecule has 0 heterocycles. The molecule has 0 atom stereocenters. The Morgan fingerprint density at radius 3 is 2.87 bits per heavy atom. The van der Waals surface area contributed by atoms with Crippen molar-refractivity contribution in [1.82, 2.24) is 0 Å². The van der Waals surface area contributed by atoms with Crippen molar-refractivity contribution in [3.8, 4) is 6.07 Å². The lowest BCUT2D eigenvalue weighted by atomic mass is 10.1. The summed E-state index contributed by atoms with van der Waals surface area (Å²) < 4.78 is 5.38. The lowest BCUT2D eigenvalue weighted by molar-refractivity contribution is 0.0526. The SMILES string of the molecule is CCOC(=O)c1ccc(Br)c(Cl)c1C#N. The summed E-state index contributed by atoms with van der Waals surface area (Å²) in [5.41, 5.74) is 0.317. The fourth-order valence-electron chi connectivity index (χ4n) is 1.04. The lowest BCUT2D eigenvalue weighted by Gasteiger charge is -2.05. The van der Waals surface area contributed by atoms with Gasteiger partial charge in [0.05, 0.1) is 22.8 Å². The van der Waals surface area contributed by atoms with Gasteiger partial charge in [-0.1, -0.05) is 11.6 Å². The number of nitrogens with zero attached hydrogens (tertiary/aromatic N) is 1. The Hall–Kier alpha value is -1.05. The van der Waals surface area contributed by atoms with Gasteiger partial charge >= 0.3 is 5.97 Å². The third-order valence-corrected chi connectivity index (χ3v) is 2.98. The van der Waals surface area contributed by atoms with Crippen LogP contribution in [0.25, 0.3) is 0 Å². The van der Waals surface area contributed by atoms with Gasteiger partial charge in [0.2, 0.25) is 0 Å². The smallest absolute Gasteiger partial charge is 0.339 e. The minimum absolute atomic E-state index is 0.129. The molecule has 1 rings (SSSR count). The summed E-state index contributed by atoms with van der Waals surface area (Å²) >= 11 is 9.04. The van der Waals surface area contributed by atoms with E-state index < -0.39 is 5.97 Å². The molecule has 78 valence electrons. The van der Waals surface area contributed by atoms with Crippen molar-refractivity contribution in [3.63, 3.8) is 0 Å². The highest BCUT2D eigenvalue weighted by Gasteiger charge is 2.16. The second-order valence-electron chi connectivity index (χ2n) is 2.62. The number of carbonyl (C=O) groups is 1. The van der Waals surface area contributed by atoms with E-state index in [1.165, 1.54) is 6.07 Å². The van der Waals surface area contributed by atoms with Crippen molar-refractivity contribution in [1.29, 1.82) is 5.26 Å². The summed E-state index contributed by atoms with van der Waals surface area (Å²) in [4.78, 5) is 11.4. The van der Waals surface area contributed by atoms with Crippen LogP contribution in [0.15, 0.2) is 16.6 Å². The van der Waals surface area contributed by atoms with Crippen LogP contribution in [0.4, 0.5) is 0 Å². The molecule has 0 N–H and O–H groups in total. The molecule has 0 saturated heterocycles. The summed E-state index contributed by atoms with van der Waals surface area (Å²) in [7, 11) is 0. The first-order valence-corrected chi connectivity index (χ1v) is 5.34. The van der Waals surface area contributed by atoms with Crippen molar-refractivity contribution in [2.75, 3.05) is 6.61 Å². The summed E-state index contributed by atoms with van der Waals surface area (Å²) in [6, 6.07) is 4.99. The summed E-state index contributed by atoms with van der Waals surface area (Å²) in [6.07, 6.45) is 0. The number of hydrogen-bond donors (Lipinski definition) is 0. The molecule has 5 heteroatoms. The molecule has 1 aromatic carbocycles. The second-order valence-corrected chi connectivity index (χ2v) is 3.85. The molecule has 0 amide bonds. The fourth-order valence-corrected chi connectivity index (χ4v) is 1.58. The highest BCUT2D eigenvalue weighted by atomic mass is 79.9. The maximum Gasteiger partial charge on any atom is 0.339 e. The van der Waals surface area contributed by atoms with Crippen LogP contribution in [0.1, 0.15) is 22.8 Å². The predicted molar refractivity (Wildman–Crippen MR) is 59.8 cm³/mol. The van der Waals surface area contributed by atoms with Crippen molar-refractivity contribution in [2.45, 2.75) is 6.92 Å². The van der Waals surface area contributed by atoms with E-state index >= 15 is 0 Å². The first-order chi connectivity index (χ1) is 7.11. The average Bonchev–Trinajstić information content (AvgIpc) is 2.22. The molecule has 0 aliphatic rings. The van der Waals surface area contributed by atoms with Crippen LogP contribution in [-0.4, -0.2) is 12.6 Å².